The van der Waals surface area contributed by atoms with E-state index in [1.54, 1.807) is 4.90 Å². The van der Waals surface area contributed by atoms with E-state index in [2.05, 4.69) is 53.3 Å². The molecule has 0 bridgehead atoms. The Morgan fingerprint density at radius 1 is 0.767 bits per heavy atom. The van der Waals surface area contributed by atoms with Crippen LogP contribution in [0.3, 0.4) is 0 Å². The van der Waals surface area contributed by atoms with Gasteiger partial charge in [-0.2, -0.15) is 12.7 Å². The van der Waals surface area contributed by atoms with Crippen LogP contribution in [0.15, 0.2) is 0 Å². The SMILES string of the molecule is CC[C@@H]1C[C@]1(NC(=O)[C@@H]1C[C@@]2(CN1C(=O)[C@@H](NC(=O)[C@@H](NC(=O)[C@H]1CCCCN1C(C)C)C1CCCCC1)C(C)(C)C)C(C)(C)C21CCC1)C(=O)NS(=O)(=O)N1CCCC1. The third kappa shape index (κ3) is 7.70. The zero-order valence-corrected chi connectivity index (χ0v) is 38.6. The first kappa shape index (κ1) is 45.3. The fourth-order valence-corrected chi connectivity index (χ4v) is 14.2. The lowest BCUT2D eigenvalue weighted by atomic mass is 9.73. The fraction of sp³-hybridized carbons (Fsp3) is 0.889. The summed E-state index contributed by atoms with van der Waals surface area (Å²) < 4.78 is 30.0. The molecule has 0 aromatic heterocycles. The largest absolute Gasteiger partial charge is 0.343 e. The normalized spacial score (nSPS) is 32.6. The minimum Gasteiger partial charge on any atom is -0.343 e. The first-order chi connectivity index (χ1) is 28.2. The van der Waals surface area contributed by atoms with Gasteiger partial charge in [0.05, 0.1) is 6.04 Å². The van der Waals surface area contributed by atoms with Crippen molar-refractivity contribution < 1.29 is 32.4 Å². The molecule has 3 heterocycles. The Morgan fingerprint density at radius 2 is 1.40 bits per heavy atom. The summed E-state index contributed by atoms with van der Waals surface area (Å²) in [5, 5.41) is 9.43. The molecule has 4 saturated carbocycles. The monoisotopic (exact) mass is 858 g/mol. The number of piperidine rings is 1. The third-order valence-corrected chi connectivity index (χ3v) is 18.5. The van der Waals surface area contributed by atoms with Crippen LogP contribution in [0.1, 0.15) is 158 Å². The highest BCUT2D eigenvalue weighted by Gasteiger charge is 2.85. The first-order valence-electron chi connectivity index (χ1n) is 23.5. The van der Waals surface area contributed by atoms with Gasteiger partial charge in [-0.3, -0.25) is 28.9 Å². The standard InChI is InChI=1S/C45H75N7O7S/c1-9-31-26-45(31,40(57)49-60(58,59)50-23-15-16-24-50)48-37(54)33-27-44(42(7,8)43(44)21-17-22-43)28-52(33)39(56)35(41(4,5)6)47-38(55)34(30-18-11-10-12-19-30)46-36(53)32-20-13-14-25-51(32)29(2)3/h29-35H,9-28H2,1-8H3,(H,46,53)(H,47,55)(H,48,54)(H,49,57)/t31-,32-,33+,34+,35-,44-,45-/m1/s1. The topological polar surface area (TPSA) is 177 Å². The van der Waals surface area contributed by atoms with Gasteiger partial charge in [-0.05, 0) is 113 Å². The van der Waals surface area contributed by atoms with E-state index < -0.39 is 51.1 Å². The summed E-state index contributed by atoms with van der Waals surface area (Å²) in [6, 6.07) is -2.85. The van der Waals surface area contributed by atoms with E-state index in [-0.39, 0.29) is 57.9 Å². The number of carbonyl (C=O) groups excluding carboxylic acids is 5. The van der Waals surface area contributed by atoms with Gasteiger partial charge in [0.2, 0.25) is 23.6 Å². The molecule has 4 N–H and O–H groups in total. The molecule has 338 valence electrons. The Morgan fingerprint density at radius 3 is 1.95 bits per heavy atom. The molecule has 7 aliphatic rings. The predicted octanol–water partition coefficient (Wildman–Crippen LogP) is 4.38. The zero-order valence-electron chi connectivity index (χ0n) is 37.8. The van der Waals surface area contributed by atoms with Gasteiger partial charge >= 0.3 is 10.2 Å². The van der Waals surface area contributed by atoms with Crippen molar-refractivity contribution in [3.63, 3.8) is 0 Å². The third-order valence-electron chi connectivity index (χ3n) is 17.0. The second kappa shape index (κ2) is 16.4. The van der Waals surface area contributed by atoms with Gasteiger partial charge in [-0.15, -0.1) is 0 Å². The minimum atomic E-state index is -4.07. The highest BCUT2D eigenvalue weighted by molar-refractivity contribution is 7.87. The Labute approximate surface area is 359 Å². The molecule has 0 radical (unpaired) electrons. The number of likely N-dealkylation sites (tertiary alicyclic amines) is 2. The molecule has 3 saturated heterocycles. The summed E-state index contributed by atoms with van der Waals surface area (Å²) in [7, 11) is -4.07. The number of carbonyl (C=O) groups is 5. The average molecular weight is 858 g/mol. The van der Waals surface area contributed by atoms with Gasteiger partial charge in [0, 0.05) is 31.1 Å². The number of hydrogen-bond donors (Lipinski definition) is 4. The number of nitrogens with zero attached hydrogens (tertiary/aromatic N) is 3. The maximum Gasteiger partial charge on any atom is 0.303 e. The summed E-state index contributed by atoms with van der Waals surface area (Å²) in [6.07, 6.45) is 13.3. The van der Waals surface area contributed by atoms with E-state index in [1.807, 2.05) is 27.7 Å². The van der Waals surface area contributed by atoms with Crippen LogP contribution in [0.5, 0.6) is 0 Å². The van der Waals surface area contributed by atoms with Gasteiger partial charge in [0.1, 0.15) is 23.7 Å². The molecule has 14 nitrogen and oxygen atoms in total. The first-order valence-corrected chi connectivity index (χ1v) is 24.9. The molecule has 7 atom stereocenters. The van der Waals surface area contributed by atoms with E-state index in [0.29, 0.717) is 38.9 Å². The Kier molecular flexibility index (Phi) is 12.4. The Balaban J connectivity index is 1.15. The van der Waals surface area contributed by atoms with Gasteiger partial charge < -0.3 is 20.9 Å². The Bertz CT molecular complexity index is 1800. The van der Waals surface area contributed by atoms with Crippen molar-refractivity contribution in [2.24, 2.45) is 33.5 Å². The van der Waals surface area contributed by atoms with Gasteiger partial charge in [0.25, 0.3) is 5.91 Å². The molecular formula is C45H75N7O7S. The van der Waals surface area contributed by atoms with E-state index in [1.165, 1.54) is 4.31 Å². The number of hydrogen-bond acceptors (Lipinski definition) is 8. The number of fused-ring (bicyclic) bond motifs is 1. The van der Waals surface area contributed by atoms with Crippen molar-refractivity contribution in [2.45, 2.75) is 194 Å². The molecule has 3 aliphatic heterocycles. The minimum absolute atomic E-state index is 0.00219. The second-order valence-corrected chi connectivity index (χ2v) is 23.3. The van der Waals surface area contributed by atoms with Crippen LogP contribution >= 0.6 is 0 Å². The molecule has 2 spiro atoms. The smallest absolute Gasteiger partial charge is 0.303 e. The molecule has 15 heteroatoms. The molecule has 0 aromatic carbocycles. The number of rotatable bonds is 13. The molecule has 5 amide bonds. The van der Waals surface area contributed by atoms with E-state index >= 15 is 4.79 Å². The lowest BCUT2D eigenvalue weighted by Gasteiger charge is -2.40. The number of amides is 5. The van der Waals surface area contributed by atoms with Crippen molar-refractivity contribution in [1.29, 1.82) is 0 Å². The molecular weight excluding hydrogens is 783 g/mol. The van der Waals surface area contributed by atoms with Crippen LogP contribution in [-0.4, -0.2) is 114 Å². The molecule has 7 fully saturated rings. The van der Waals surface area contributed by atoms with Gasteiger partial charge in [0.15, 0.2) is 0 Å². The highest BCUT2D eigenvalue weighted by atomic mass is 32.2. The lowest BCUT2D eigenvalue weighted by Crippen LogP contribution is -2.63. The maximum absolute atomic E-state index is 15.3. The van der Waals surface area contributed by atoms with E-state index in [4.69, 9.17) is 0 Å². The van der Waals surface area contributed by atoms with Crippen LogP contribution in [0.4, 0.5) is 0 Å². The van der Waals surface area contributed by atoms with Crippen molar-refractivity contribution in [2.75, 3.05) is 26.2 Å². The van der Waals surface area contributed by atoms with E-state index in [9.17, 15) is 27.6 Å². The molecule has 7 rings (SSSR count). The van der Waals surface area contributed by atoms with Gasteiger partial charge in [-0.1, -0.05) is 80.1 Å². The summed E-state index contributed by atoms with van der Waals surface area (Å²) in [6.45, 7) is 18.2. The van der Waals surface area contributed by atoms with Crippen LogP contribution in [0.25, 0.3) is 0 Å². The molecule has 0 aromatic rings. The van der Waals surface area contributed by atoms with Crippen LogP contribution in [-0.2, 0) is 34.2 Å². The van der Waals surface area contributed by atoms with Crippen molar-refractivity contribution in [3.05, 3.63) is 0 Å². The lowest BCUT2D eigenvalue weighted by molar-refractivity contribution is -0.145. The summed E-state index contributed by atoms with van der Waals surface area (Å²) >= 11 is 0. The van der Waals surface area contributed by atoms with Crippen molar-refractivity contribution in [3.8, 4) is 0 Å². The van der Waals surface area contributed by atoms with Crippen LogP contribution < -0.4 is 20.7 Å². The summed E-state index contributed by atoms with van der Waals surface area (Å²) in [4.78, 5) is 76.8. The fourth-order valence-electron chi connectivity index (χ4n) is 12.9. The van der Waals surface area contributed by atoms with Crippen LogP contribution in [0, 0.1) is 33.5 Å². The van der Waals surface area contributed by atoms with Crippen molar-refractivity contribution >= 4 is 39.7 Å². The molecule has 60 heavy (non-hydrogen) atoms. The van der Waals surface area contributed by atoms with Crippen molar-refractivity contribution in [1.82, 2.24) is 34.8 Å². The number of nitrogens with one attached hydrogen (secondary N) is 4. The quantitative estimate of drug-likeness (QED) is 0.211. The predicted molar refractivity (Wildman–Crippen MR) is 229 cm³/mol. The summed E-state index contributed by atoms with van der Waals surface area (Å²) in [5.74, 6) is -2.36. The second-order valence-electron chi connectivity index (χ2n) is 21.7. The average Bonchev–Trinajstić information content (AvgIpc) is 3.63. The molecule has 4 aliphatic carbocycles. The molecule has 0 unspecified atom stereocenters. The maximum atomic E-state index is 15.3. The Hall–Kier alpha value is -2.78. The zero-order chi connectivity index (χ0) is 43.6. The summed E-state index contributed by atoms with van der Waals surface area (Å²) in [5.41, 5.74) is -2.60. The van der Waals surface area contributed by atoms with Crippen LogP contribution in [0.2, 0.25) is 0 Å². The van der Waals surface area contributed by atoms with E-state index in [0.717, 1.165) is 90.0 Å². The van der Waals surface area contributed by atoms with Gasteiger partial charge in [-0.25, -0.2) is 4.72 Å². The highest BCUT2D eigenvalue weighted by Crippen LogP contribution is 2.88.